The summed E-state index contributed by atoms with van der Waals surface area (Å²) in [6.07, 6.45) is -1.43. The van der Waals surface area contributed by atoms with Gasteiger partial charge in [0.15, 0.2) is 0 Å². The predicted octanol–water partition coefficient (Wildman–Crippen LogP) is 0.182. The zero-order chi connectivity index (χ0) is 36.8. The van der Waals surface area contributed by atoms with Crippen molar-refractivity contribution in [3.8, 4) is 11.5 Å². The Morgan fingerprint density at radius 2 is 1.12 bits per heavy atom. The number of carbonyl (C=O) groups excluding carboxylic acids is 5. The van der Waals surface area contributed by atoms with Gasteiger partial charge in [-0.1, -0.05) is 0 Å². The second-order valence-electron chi connectivity index (χ2n) is 13.0. The average Bonchev–Trinajstić information content (AvgIpc) is 3.19. The Morgan fingerprint density at radius 3 is 1.47 bits per heavy atom. The first-order valence-electron chi connectivity index (χ1n) is 15.1. The third kappa shape index (κ3) is 12.1. The normalized spacial score (nSPS) is 16.6. The van der Waals surface area contributed by atoms with Gasteiger partial charge in [-0.25, -0.2) is 19.2 Å². The van der Waals surface area contributed by atoms with Gasteiger partial charge in [-0.3, -0.25) is 9.59 Å². The molecule has 0 spiro atoms. The van der Waals surface area contributed by atoms with E-state index in [-0.39, 0.29) is 49.0 Å². The number of amides is 4. The minimum Gasteiger partial charge on any atom is -0.870 e. The molecule has 0 unspecified atom stereocenters. The zero-order valence-electron chi connectivity index (χ0n) is 30.3. The Hall–Kier alpha value is -4.98. The van der Waals surface area contributed by atoms with Gasteiger partial charge < -0.3 is 54.7 Å². The summed E-state index contributed by atoms with van der Waals surface area (Å²) < 4.78 is 26.2. The third-order valence-electron chi connectivity index (χ3n) is 6.76. The Labute approximate surface area is 307 Å². The number of carbonyl (C=O) groups is 6. The number of nitrogens with one attached hydrogen (secondary N) is 2. The molecule has 2 atom stereocenters. The fourth-order valence-electron chi connectivity index (χ4n) is 4.48. The van der Waals surface area contributed by atoms with Gasteiger partial charge in [-0.05, 0) is 77.9 Å². The van der Waals surface area contributed by atoms with Crippen molar-refractivity contribution < 1.29 is 81.9 Å². The number of benzene rings is 2. The number of aromatic carboxylic acids is 1. The first kappa shape index (κ1) is 44.0. The molecular formula is C33H43LiN4O13. The van der Waals surface area contributed by atoms with Crippen LogP contribution in [-0.4, -0.2) is 104 Å². The number of alkyl carbamates (subject to hydrolysis) is 2. The number of nitrogens with zero attached hydrogens (tertiary/aromatic N) is 2. The van der Waals surface area contributed by atoms with E-state index in [9.17, 15) is 28.8 Å². The molecule has 0 fully saturated rings. The van der Waals surface area contributed by atoms with Crippen LogP contribution in [0.4, 0.5) is 21.0 Å². The Balaban J connectivity index is 0.000000491. The van der Waals surface area contributed by atoms with E-state index in [0.717, 1.165) is 0 Å². The van der Waals surface area contributed by atoms with E-state index >= 15 is 0 Å². The third-order valence-corrected chi connectivity index (χ3v) is 6.76. The number of carboxylic acid groups (broad SMARTS) is 1. The molecule has 0 radical (unpaired) electrons. The molecular weight excluding hydrogens is 667 g/mol. The Bertz CT molecular complexity index is 1620. The van der Waals surface area contributed by atoms with Crippen LogP contribution in [-0.2, 0) is 23.8 Å². The maximum absolute atomic E-state index is 12.6. The Morgan fingerprint density at radius 1 is 0.745 bits per heavy atom. The molecule has 2 aromatic rings. The fraction of sp³-hybridized carbons (Fsp3) is 0.455. The monoisotopic (exact) mass is 710 g/mol. The largest absolute Gasteiger partial charge is 1.00 e. The molecule has 4 amide bonds. The molecule has 4 rings (SSSR count). The molecule has 0 bridgehead atoms. The molecule has 18 heteroatoms. The molecule has 274 valence electrons. The van der Waals surface area contributed by atoms with Crippen LogP contribution < -0.4 is 48.8 Å². The van der Waals surface area contributed by atoms with Crippen LogP contribution >= 0.6 is 0 Å². The minimum atomic E-state index is -1.11. The van der Waals surface area contributed by atoms with Gasteiger partial charge >= 0.3 is 43.0 Å². The van der Waals surface area contributed by atoms with Crippen LogP contribution in [0.15, 0.2) is 36.4 Å². The van der Waals surface area contributed by atoms with Gasteiger partial charge in [0, 0.05) is 14.1 Å². The molecule has 0 aromatic heterocycles. The van der Waals surface area contributed by atoms with E-state index < -0.39 is 53.3 Å². The van der Waals surface area contributed by atoms with E-state index in [1.807, 2.05) is 0 Å². The molecule has 0 aliphatic carbocycles. The molecule has 17 nitrogen and oxygen atoms in total. The summed E-state index contributed by atoms with van der Waals surface area (Å²) in [6, 6.07) is 7.02. The van der Waals surface area contributed by atoms with Crippen LogP contribution in [0.1, 0.15) is 62.3 Å². The van der Waals surface area contributed by atoms with Crippen molar-refractivity contribution >= 4 is 47.3 Å². The average molecular weight is 711 g/mol. The molecule has 51 heavy (non-hydrogen) atoms. The molecule has 2 aliphatic rings. The number of rotatable bonds is 4. The first-order chi connectivity index (χ1) is 22.7. The maximum Gasteiger partial charge on any atom is 1.00 e. The molecule has 2 aliphatic heterocycles. The first-order valence-corrected chi connectivity index (χ1v) is 15.1. The van der Waals surface area contributed by atoms with Crippen molar-refractivity contribution in [2.24, 2.45) is 0 Å². The summed E-state index contributed by atoms with van der Waals surface area (Å²) in [6.45, 7) is 10.2. The number of methoxy groups -OCH3 is 1. The van der Waals surface area contributed by atoms with Gasteiger partial charge in [-0.2, -0.15) is 0 Å². The van der Waals surface area contributed by atoms with E-state index in [2.05, 4.69) is 15.4 Å². The quantitative estimate of drug-likeness (QED) is 0.219. The standard InChI is InChI=1S/C17H22N2O6.C16H20N2O6.Li.H2O/c1-17(2,3)25-16(22)18-11-9-24-13-7-6-10(15(21)23-5)8-12(13)19(4)14(11)20;1-16(2,3)24-15(22)17-10-8-23-12-6-5-9(14(20)21)7-11(12)18(4)13(10)19;;/h6-8,11H,9H2,1-5H3,(H,18,22);5-7,10H,8H2,1-4H3,(H,17,22)(H,20,21);;1H2/q;;+1;/p-1/t11-;10-;;/m00../s1. The van der Waals surface area contributed by atoms with Gasteiger partial charge in [0.1, 0.15) is 48.0 Å². The molecule has 4 N–H and O–H groups in total. The van der Waals surface area contributed by atoms with Crippen LogP contribution in [0.5, 0.6) is 11.5 Å². The number of carboxylic acids is 1. The summed E-state index contributed by atoms with van der Waals surface area (Å²) >= 11 is 0. The van der Waals surface area contributed by atoms with Crippen LogP contribution in [0.2, 0.25) is 0 Å². The molecule has 0 saturated heterocycles. The number of anilines is 2. The van der Waals surface area contributed by atoms with Crippen molar-refractivity contribution in [1.82, 2.24) is 10.6 Å². The van der Waals surface area contributed by atoms with Crippen molar-refractivity contribution in [3.05, 3.63) is 47.5 Å². The van der Waals surface area contributed by atoms with Crippen LogP contribution in [0.3, 0.4) is 0 Å². The van der Waals surface area contributed by atoms with Gasteiger partial charge in [-0.15, -0.1) is 0 Å². The summed E-state index contributed by atoms with van der Waals surface area (Å²) in [5, 5.41) is 14.1. The SMILES string of the molecule is CN1C(=O)[C@@H](NC(=O)OC(C)(C)C)COc2ccc(C(=O)O)cc21.COC(=O)c1ccc2c(c1)N(C)C(=O)[C@@H](NC(=O)OC(C)(C)C)CO2.[Li+].[OH-]. The van der Waals surface area contributed by atoms with Crippen molar-refractivity contribution in [3.63, 3.8) is 0 Å². The number of esters is 1. The second-order valence-corrected chi connectivity index (χ2v) is 13.0. The minimum absolute atomic E-state index is 0. The van der Waals surface area contributed by atoms with Crippen LogP contribution in [0, 0.1) is 0 Å². The van der Waals surface area contributed by atoms with Gasteiger partial charge in [0.2, 0.25) is 0 Å². The Kier molecular flexibility index (Phi) is 15.4. The molecule has 2 aromatic carbocycles. The number of hydrogen-bond acceptors (Lipinski definition) is 12. The molecule has 2 heterocycles. The van der Waals surface area contributed by atoms with E-state index in [1.165, 1.54) is 48.2 Å². The van der Waals surface area contributed by atoms with E-state index in [1.54, 1.807) is 60.7 Å². The van der Waals surface area contributed by atoms with Crippen molar-refractivity contribution in [2.75, 3.05) is 44.2 Å². The maximum atomic E-state index is 12.6. The number of hydrogen-bond donors (Lipinski definition) is 3. The summed E-state index contributed by atoms with van der Waals surface area (Å²) in [7, 11) is 4.31. The summed E-state index contributed by atoms with van der Waals surface area (Å²) in [5.74, 6) is -1.64. The molecule has 0 saturated carbocycles. The van der Waals surface area contributed by atoms with Crippen LogP contribution in [0.25, 0.3) is 0 Å². The topological polar surface area (TPSA) is 229 Å². The number of ether oxygens (including phenoxy) is 5. The number of fused-ring (bicyclic) bond motifs is 2. The second kappa shape index (κ2) is 17.8. The number of likely N-dealkylation sites (N-methyl/N-ethyl adjacent to an activating group) is 2. The van der Waals surface area contributed by atoms with E-state index in [4.69, 9.17) is 24.1 Å². The predicted molar refractivity (Wildman–Crippen MR) is 177 cm³/mol. The van der Waals surface area contributed by atoms with Crippen molar-refractivity contribution in [1.29, 1.82) is 0 Å². The fourth-order valence-corrected chi connectivity index (χ4v) is 4.48. The zero-order valence-corrected chi connectivity index (χ0v) is 30.3. The smallest absolute Gasteiger partial charge is 0.870 e. The van der Waals surface area contributed by atoms with Crippen molar-refractivity contribution in [2.45, 2.75) is 64.8 Å². The van der Waals surface area contributed by atoms with E-state index in [0.29, 0.717) is 28.4 Å². The van der Waals surface area contributed by atoms with Gasteiger partial charge in [0.05, 0.1) is 29.6 Å². The van der Waals surface area contributed by atoms with Gasteiger partial charge in [0.25, 0.3) is 11.8 Å². The summed E-state index contributed by atoms with van der Waals surface area (Å²) in [5.41, 5.74) is -0.291. The summed E-state index contributed by atoms with van der Waals surface area (Å²) in [4.78, 5) is 74.3.